The molecule has 0 aromatic heterocycles. The van der Waals surface area contributed by atoms with Gasteiger partial charge in [0.25, 0.3) is 0 Å². The van der Waals surface area contributed by atoms with Crippen LogP contribution in [0.5, 0.6) is 11.5 Å². The summed E-state index contributed by atoms with van der Waals surface area (Å²) in [6, 6.07) is 13.5. The Morgan fingerprint density at radius 2 is 1.87 bits per heavy atom. The number of hydrogen-bond donors (Lipinski definition) is 3. The Balaban J connectivity index is 1.78. The molecule has 0 fully saturated rings. The van der Waals surface area contributed by atoms with Gasteiger partial charge in [0.05, 0.1) is 13.7 Å². The first kappa shape index (κ1) is 23.0. The topological polar surface area (TPSA) is 84.0 Å². The number of amides is 1. The number of methoxy groups -OCH3 is 1. The van der Waals surface area contributed by atoms with Crippen LogP contribution in [0, 0.1) is 5.82 Å². The molecule has 1 amide bonds. The SMILES string of the molecule is CCNC(=NCC(=O)NCc1ccc(OC)cc1)NCC(C)Oc1cccc(F)c1. The van der Waals surface area contributed by atoms with Gasteiger partial charge in [-0.05, 0) is 43.7 Å². The molecule has 2 aromatic carbocycles. The van der Waals surface area contributed by atoms with Crippen LogP contribution >= 0.6 is 0 Å². The molecule has 1 unspecified atom stereocenters. The zero-order valence-corrected chi connectivity index (χ0v) is 17.6. The van der Waals surface area contributed by atoms with Crippen molar-refractivity contribution >= 4 is 11.9 Å². The summed E-state index contributed by atoms with van der Waals surface area (Å²) < 4.78 is 24.0. The Morgan fingerprint density at radius 1 is 1.10 bits per heavy atom. The molecule has 2 aromatic rings. The van der Waals surface area contributed by atoms with Crippen molar-refractivity contribution in [1.82, 2.24) is 16.0 Å². The molecule has 2 rings (SSSR count). The monoisotopic (exact) mass is 416 g/mol. The highest BCUT2D eigenvalue weighted by Crippen LogP contribution is 2.13. The van der Waals surface area contributed by atoms with Crippen LogP contribution in [-0.2, 0) is 11.3 Å². The van der Waals surface area contributed by atoms with Gasteiger partial charge >= 0.3 is 0 Å². The van der Waals surface area contributed by atoms with E-state index in [1.54, 1.807) is 19.2 Å². The lowest BCUT2D eigenvalue weighted by molar-refractivity contribution is -0.119. The van der Waals surface area contributed by atoms with Crippen molar-refractivity contribution in [2.24, 2.45) is 4.99 Å². The number of carbonyl (C=O) groups excluding carboxylic acids is 1. The van der Waals surface area contributed by atoms with Crippen LogP contribution in [0.2, 0.25) is 0 Å². The van der Waals surface area contributed by atoms with Gasteiger partial charge in [-0.3, -0.25) is 4.79 Å². The summed E-state index contributed by atoms with van der Waals surface area (Å²) in [6.45, 7) is 5.30. The van der Waals surface area contributed by atoms with Gasteiger partial charge in [-0.1, -0.05) is 18.2 Å². The molecule has 162 valence electrons. The number of aliphatic imine (C=N–C) groups is 1. The summed E-state index contributed by atoms with van der Waals surface area (Å²) >= 11 is 0. The molecule has 0 aliphatic heterocycles. The van der Waals surface area contributed by atoms with E-state index < -0.39 is 0 Å². The van der Waals surface area contributed by atoms with Crippen LogP contribution in [0.1, 0.15) is 19.4 Å². The van der Waals surface area contributed by atoms with E-state index in [0.717, 1.165) is 11.3 Å². The summed E-state index contributed by atoms with van der Waals surface area (Å²) in [5.41, 5.74) is 0.974. The molecule has 0 aliphatic rings. The minimum atomic E-state index is -0.344. The Labute approximate surface area is 176 Å². The molecule has 0 bridgehead atoms. The fraction of sp³-hybridized carbons (Fsp3) is 0.364. The fourth-order valence-corrected chi connectivity index (χ4v) is 2.55. The predicted molar refractivity (Wildman–Crippen MR) is 115 cm³/mol. The molecule has 0 saturated heterocycles. The van der Waals surface area contributed by atoms with Crippen molar-refractivity contribution in [2.45, 2.75) is 26.5 Å². The highest BCUT2D eigenvalue weighted by Gasteiger charge is 2.07. The third kappa shape index (κ3) is 8.38. The highest BCUT2D eigenvalue weighted by molar-refractivity contribution is 5.84. The van der Waals surface area contributed by atoms with Gasteiger partial charge in [0.1, 0.15) is 30.0 Å². The van der Waals surface area contributed by atoms with E-state index in [4.69, 9.17) is 9.47 Å². The number of guanidine groups is 1. The Kier molecular flexibility index (Phi) is 9.44. The molecule has 0 spiro atoms. The molecule has 8 heteroatoms. The number of hydrogen-bond acceptors (Lipinski definition) is 4. The van der Waals surface area contributed by atoms with Gasteiger partial charge in [0, 0.05) is 19.2 Å². The first-order chi connectivity index (χ1) is 14.5. The van der Waals surface area contributed by atoms with E-state index in [9.17, 15) is 9.18 Å². The summed E-state index contributed by atoms with van der Waals surface area (Å²) in [6.07, 6.45) is -0.223. The minimum absolute atomic E-state index is 0.00930. The lowest BCUT2D eigenvalue weighted by atomic mass is 10.2. The number of nitrogens with one attached hydrogen (secondary N) is 3. The maximum Gasteiger partial charge on any atom is 0.242 e. The Morgan fingerprint density at radius 3 is 2.53 bits per heavy atom. The largest absolute Gasteiger partial charge is 0.497 e. The van der Waals surface area contributed by atoms with E-state index >= 15 is 0 Å². The van der Waals surface area contributed by atoms with Gasteiger partial charge in [-0.25, -0.2) is 9.38 Å². The van der Waals surface area contributed by atoms with Gasteiger partial charge in [-0.15, -0.1) is 0 Å². The second-order valence-electron chi connectivity index (χ2n) is 6.59. The van der Waals surface area contributed by atoms with E-state index in [1.807, 2.05) is 38.1 Å². The molecular weight excluding hydrogens is 387 g/mol. The van der Waals surface area contributed by atoms with Gasteiger partial charge < -0.3 is 25.4 Å². The molecule has 1 atom stereocenters. The van der Waals surface area contributed by atoms with Crippen LogP contribution < -0.4 is 25.4 Å². The van der Waals surface area contributed by atoms with Gasteiger partial charge in [0.15, 0.2) is 5.96 Å². The molecular formula is C22H29FN4O3. The van der Waals surface area contributed by atoms with E-state index in [0.29, 0.717) is 31.3 Å². The van der Waals surface area contributed by atoms with Crippen molar-refractivity contribution in [1.29, 1.82) is 0 Å². The standard InChI is InChI=1S/C22H29FN4O3/c1-4-24-22(26-13-16(2)30-20-7-5-6-18(23)12-20)27-15-21(28)25-14-17-8-10-19(29-3)11-9-17/h5-12,16H,4,13-15H2,1-3H3,(H,25,28)(H2,24,26,27). The van der Waals surface area contributed by atoms with Crippen LogP contribution in [0.15, 0.2) is 53.5 Å². The normalized spacial score (nSPS) is 12.1. The summed E-state index contributed by atoms with van der Waals surface area (Å²) in [7, 11) is 1.61. The smallest absolute Gasteiger partial charge is 0.242 e. The van der Waals surface area contributed by atoms with Crippen molar-refractivity contribution < 1.29 is 18.7 Å². The average Bonchev–Trinajstić information content (AvgIpc) is 2.74. The zero-order valence-electron chi connectivity index (χ0n) is 17.6. The van der Waals surface area contributed by atoms with Gasteiger partial charge in [0.2, 0.25) is 5.91 Å². The summed E-state index contributed by atoms with van der Waals surface area (Å²) in [5, 5.41) is 9.04. The molecule has 0 saturated carbocycles. The lowest BCUT2D eigenvalue weighted by Crippen LogP contribution is -2.42. The maximum atomic E-state index is 13.2. The lowest BCUT2D eigenvalue weighted by Gasteiger charge is -2.17. The number of halogens is 1. The second kappa shape index (κ2) is 12.3. The summed E-state index contributed by atoms with van der Waals surface area (Å²) in [4.78, 5) is 16.4. The van der Waals surface area contributed by atoms with Crippen LogP contribution in [-0.4, -0.2) is 44.7 Å². The van der Waals surface area contributed by atoms with E-state index in [2.05, 4.69) is 20.9 Å². The number of nitrogens with zero attached hydrogens (tertiary/aromatic N) is 1. The van der Waals surface area contributed by atoms with Crippen molar-refractivity contribution in [3.8, 4) is 11.5 Å². The van der Waals surface area contributed by atoms with Crippen molar-refractivity contribution in [3.05, 3.63) is 59.9 Å². The molecule has 7 nitrogen and oxygen atoms in total. The Bertz CT molecular complexity index is 827. The quantitative estimate of drug-likeness (QED) is 0.409. The average molecular weight is 416 g/mol. The van der Waals surface area contributed by atoms with Crippen molar-refractivity contribution in [3.63, 3.8) is 0 Å². The van der Waals surface area contributed by atoms with Crippen LogP contribution in [0.4, 0.5) is 4.39 Å². The Hall–Kier alpha value is -3.29. The van der Waals surface area contributed by atoms with E-state index in [-0.39, 0.29) is 24.4 Å². The predicted octanol–water partition coefficient (Wildman–Crippen LogP) is 2.47. The third-order valence-electron chi connectivity index (χ3n) is 4.06. The first-order valence-corrected chi connectivity index (χ1v) is 9.84. The fourth-order valence-electron chi connectivity index (χ4n) is 2.55. The number of rotatable bonds is 10. The molecule has 0 heterocycles. The third-order valence-corrected chi connectivity index (χ3v) is 4.06. The van der Waals surface area contributed by atoms with Gasteiger partial charge in [-0.2, -0.15) is 0 Å². The number of carbonyl (C=O) groups is 1. The number of benzene rings is 2. The number of ether oxygens (including phenoxy) is 2. The minimum Gasteiger partial charge on any atom is -0.497 e. The summed E-state index contributed by atoms with van der Waals surface area (Å²) in [5.74, 6) is 1.21. The maximum absolute atomic E-state index is 13.2. The molecule has 3 N–H and O–H groups in total. The molecule has 0 radical (unpaired) electrons. The van der Waals surface area contributed by atoms with Crippen LogP contribution in [0.3, 0.4) is 0 Å². The second-order valence-corrected chi connectivity index (χ2v) is 6.59. The first-order valence-electron chi connectivity index (χ1n) is 9.84. The molecule has 30 heavy (non-hydrogen) atoms. The van der Waals surface area contributed by atoms with E-state index in [1.165, 1.54) is 12.1 Å². The zero-order chi connectivity index (χ0) is 21.8. The van der Waals surface area contributed by atoms with Crippen LogP contribution in [0.25, 0.3) is 0 Å². The van der Waals surface area contributed by atoms with Crippen molar-refractivity contribution in [2.75, 3.05) is 26.7 Å². The molecule has 0 aliphatic carbocycles. The highest BCUT2D eigenvalue weighted by atomic mass is 19.1.